The quantitative estimate of drug-likeness (QED) is 0.605. The SMILES string of the molecule is CC(Oc1ccc(N(C)c2ncc(Br)cn2)cc1)C(=O)OCCN(C)C. The molecule has 8 heteroatoms. The molecule has 0 bridgehead atoms. The molecular formula is C18H23BrN4O3. The van der Waals surface area contributed by atoms with Crippen LogP contribution in [0.3, 0.4) is 0 Å². The number of likely N-dealkylation sites (N-methyl/N-ethyl adjacent to an activating group) is 1. The van der Waals surface area contributed by atoms with Crippen molar-refractivity contribution in [3.63, 3.8) is 0 Å². The van der Waals surface area contributed by atoms with E-state index in [2.05, 4.69) is 25.9 Å². The zero-order chi connectivity index (χ0) is 19.1. The van der Waals surface area contributed by atoms with Gasteiger partial charge in [-0.05, 0) is 61.2 Å². The predicted octanol–water partition coefficient (Wildman–Crippen LogP) is 2.88. The highest BCUT2D eigenvalue weighted by molar-refractivity contribution is 9.10. The first-order valence-corrected chi connectivity index (χ1v) is 8.95. The normalized spacial score (nSPS) is 11.9. The third-order valence-electron chi connectivity index (χ3n) is 3.56. The van der Waals surface area contributed by atoms with Crippen LogP contribution in [0.15, 0.2) is 41.1 Å². The number of ether oxygens (including phenoxy) is 2. The van der Waals surface area contributed by atoms with E-state index >= 15 is 0 Å². The Bertz CT molecular complexity index is 707. The van der Waals surface area contributed by atoms with Crippen LogP contribution in [0.25, 0.3) is 0 Å². The van der Waals surface area contributed by atoms with Crippen LogP contribution in [0.5, 0.6) is 5.75 Å². The highest BCUT2D eigenvalue weighted by Crippen LogP contribution is 2.24. The summed E-state index contributed by atoms with van der Waals surface area (Å²) in [6.45, 7) is 2.70. The van der Waals surface area contributed by atoms with Gasteiger partial charge in [0.25, 0.3) is 0 Å². The summed E-state index contributed by atoms with van der Waals surface area (Å²) in [5.41, 5.74) is 0.904. The lowest BCUT2D eigenvalue weighted by molar-refractivity contribution is -0.151. The van der Waals surface area contributed by atoms with Crippen molar-refractivity contribution in [2.45, 2.75) is 13.0 Å². The number of benzene rings is 1. The maximum atomic E-state index is 11.9. The molecule has 26 heavy (non-hydrogen) atoms. The van der Waals surface area contributed by atoms with Crippen LogP contribution in [0, 0.1) is 0 Å². The number of aromatic nitrogens is 2. The van der Waals surface area contributed by atoms with Crippen LogP contribution < -0.4 is 9.64 Å². The van der Waals surface area contributed by atoms with Crippen molar-refractivity contribution in [2.24, 2.45) is 0 Å². The molecule has 0 aliphatic rings. The Morgan fingerprint density at radius 1 is 1.15 bits per heavy atom. The second kappa shape index (κ2) is 9.49. The van der Waals surface area contributed by atoms with E-state index in [1.165, 1.54) is 0 Å². The fourth-order valence-electron chi connectivity index (χ4n) is 2.04. The molecule has 1 unspecified atom stereocenters. The minimum absolute atomic E-state index is 0.344. The Labute approximate surface area is 162 Å². The largest absolute Gasteiger partial charge is 0.479 e. The van der Waals surface area contributed by atoms with E-state index in [4.69, 9.17) is 9.47 Å². The molecule has 1 atom stereocenters. The van der Waals surface area contributed by atoms with Gasteiger partial charge in [-0.25, -0.2) is 14.8 Å². The molecule has 0 saturated heterocycles. The van der Waals surface area contributed by atoms with Crippen molar-refractivity contribution in [2.75, 3.05) is 39.2 Å². The zero-order valence-electron chi connectivity index (χ0n) is 15.3. The standard InChI is InChI=1S/C18H23BrN4O3/c1-13(17(24)25-10-9-22(2)3)26-16-7-5-15(6-8-16)23(4)18-20-11-14(19)12-21-18/h5-8,11-13H,9-10H2,1-4H3. The maximum Gasteiger partial charge on any atom is 0.347 e. The second-order valence-corrected chi connectivity index (χ2v) is 6.90. The Balaban J connectivity index is 1.92. The molecule has 2 rings (SSSR count). The molecule has 0 aliphatic heterocycles. The number of anilines is 2. The van der Waals surface area contributed by atoms with E-state index in [1.807, 2.05) is 43.1 Å². The molecule has 7 nitrogen and oxygen atoms in total. The van der Waals surface area contributed by atoms with Gasteiger partial charge in [0.05, 0.1) is 4.47 Å². The van der Waals surface area contributed by atoms with Gasteiger partial charge >= 0.3 is 5.97 Å². The van der Waals surface area contributed by atoms with Crippen molar-refractivity contribution >= 4 is 33.5 Å². The summed E-state index contributed by atoms with van der Waals surface area (Å²) in [6, 6.07) is 7.36. The van der Waals surface area contributed by atoms with Gasteiger partial charge in [0.2, 0.25) is 5.95 Å². The Hall–Kier alpha value is -2.19. The molecular weight excluding hydrogens is 400 g/mol. The molecule has 2 aromatic rings. The Kier molecular flexibility index (Phi) is 7.35. The predicted molar refractivity (Wildman–Crippen MR) is 104 cm³/mol. The van der Waals surface area contributed by atoms with Gasteiger partial charge in [-0.2, -0.15) is 0 Å². The number of rotatable bonds is 8. The summed E-state index contributed by atoms with van der Waals surface area (Å²) >= 11 is 3.32. The first kappa shape index (κ1) is 20.1. The van der Waals surface area contributed by atoms with Crippen LogP contribution in [0.4, 0.5) is 11.6 Å². The van der Waals surface area contributed by atoms with Gasteiger partial charge in [0.15, 0.2) is 6.10 Å². The molecule has 140 valence electrons. The first-order valence-electron chi connectivity index (χ1n) is 8.16. The number of carbonyl (C=O) groups excluding carboxylic acids is 1. The molecule has 0 amide bonds. The smallest absolute Gasteiger partial charge is 0.347 e. The minimum atomic E-state index is -0.671. The van der Waals surface area contributed by atoms with Crippen LogP contribution in [0.2, 0.25) is 0 Å². The molecule has 1 aromatic carbocycles. The van der Waals surface area contributed by atoms with Crippen molar-refractivity contribution < 1.29 is 14.3 Å². The van der Waals surface area contributed by atoms with Crippen molar-refractivity contribution in [3.8, 4) is 5.75 Å². The summed E-state index contributed by atoms with van der Waals surface area (Å²) in [7, 11) is 5.72. The number of nitrogens with zero attached hydrogens (tertiary/aromatic N) is 4. The van der Waals surface area contributed by atoms with E-state index in [-0.39, 0.29) is 5.97 Å². The van der Waals surface area contributed by atoms with Crippen LogP contribution >= 0.6 is 15.9 Å². The summed E-state index contributed by atoms with van der Waals surface area (Å²) in [5.74, 6) is 0.798. The highest BCUT2D eigenvalue weighted by Gasteiger charge is 2.16. The van der Waals surface area contributed by atoms with Gasteiger partial charge in [-0.1, -0.05) is 0 Å². The molecule has 1 aromatic heterocycles. The number of hydrogen-bond donors (Lipinski definition) is 0. The van der Waals surface area contributed by atoms with Crippen molar-refractivity contribution in [1.82, 2.24) is 14.9 Å². The zero-order valence-corrected chi connectivity index (χ0v) is 16.9. The van der Waals surface area contributed by atoms with Crippen LogP contribution in [0.1, 0.15) is 6.92 Å². The lowest BCUT2D eigenvalue weighted by Crippen LogP contribution is -2.29. The Morgan fingerprint density at radius 3 is 2.35 bits per heavy atom. The lowest BCUT2D eigenvalue weighted by Gasteiger charge is -2.18. The molecule has 1 heterocycles. The van der Waals surface area contributed by atoms with E-state index < -0.39 is 6.10 Å². The van der Waals surface area contributed by atoms with Crippen molar-refractivity contribution in [3.05, 3.63) is 41.1 Å². The van der Waals surface area contributed by atoms with Crippen LogP contribution in [-0.2, 0) is 9.53 Å². The van der Waals surface area contributed by atoms with Gasteiger partial charge in [-0.15, -0.1) is 0 Å². The fraction of sp³-hybridized carbons (Fsp3) is 0.389. The summed E-state index contributed by atoms with van der Waals surface area (Å²) in [6.07, 6.45) is 2.72. The van der Waals surface area contributed by atoms with Crippen molar-refractivity contribution in [1.29, 1.82) is 0 Å². The Morgan fingerprint density at radius 2 is 1.77 bits per heavy atom. The monoisotopic (exact) mass is 422 g/mol. The average molecular weight is 423 g/mol. The molecule has 0 N–H and O–H groups in total. The van der Waals surface area contributed by atoms with Gasteiger partial charge < -0.3 is 19.3 Å². The van der Waals surface area contributed by atoms with E-state index in [0.29, 0.717) is 24.8 Å². The maximum absolute atomic E-state index is 11.9. The van der Waals surface area contributed by atoms with E-state index in [0.717, 1.165) is 10.2 Å². The number of hydrogen-bond acceptors (Lipinski definition) is 7. The minimum Gasteiger partial charge on any atom is -0.479 e. The van der Waals surface area contributed by atoms with E-state index in [1.54, 1.807) is 31.5 Å². The molecule has 0 spiro atoms. The third-order valence-corrected chi connectivity index (χ3v) is 3.97. The molecule has 0 fully saturated rings. The van der Waals surface area contributed by atoms with Gasteiger partial charge in [0.1, 0.15) is 12.4 Å². The topological polar surface area (TPSA) is 67.8 Å². The average Bonchev–Trinajstić information content (AvgIpc) is 2.62. The number of halogens is 1. The van der Waals surface area contributed by atoms with Gasteiger partial charge in [0, 0.05) is 31.7 Å². The van der Waals surface area contributed by atoms with Gasteiger partial charge in [-0.3, -0.25) is 0 Å². The third kappa shape index (κ3) is 5.96. The molecule has 0 saturated carbocycles. The summed E-state index contributed by atoms with van der Waals surface area (Å²) in [4.78, 5) is 24.2. The number of esters is 1. The summed E-state index contributed by atoms with van der Waals surface area (Å²) in [5, 5.41) is 0. The lowest BCUT2D eigenvalue weighted by atomic mass is 10.3. The summed E-state index contributed by atoms with van der Waals surface area (Å²) < 4.78 is 11.7. The first-order chi connectivity index (χ1) is 12.4. The number of carbonyl (C=O) groups is 1. The second-order valence-electron chi connectivity index (χ2n) is 5.99. The molecule has 0 aliphatic carbocycles. The highest BCUT2D eigenvalue weighted by atomic mass is 79.9. The molecule has 0 radical (unpaired) electrons. The fourth-order valence-corrected chi connectivity index (χ4v) is 2.25. The van der Waals surface area contributed by atoms with E-state index in [9.17, 15) is 4.79 Å². The van der Waals surface area contributed by atoms with Crippen LogP contribution in [-0.4, -0.2) is 61.2 Å².